The Hall–Kier alpha value is -0.109. The van der Waals surface area contributed by atoms with Gasteiger partial charge < -0.3 is 0 Å². The molecule has 0 N–H and O–H groups in total. The van der Waals surface area contributed by atoms with Gasteiger partial charge in [0.25, 0.3) is 0 Å². The van der Waals surface area contributed by atoms with Gasteiger partial charge in [-0.1, -0.05) is 0 Å². The molecule has 0 aromatic rings. The molecular weight excluding hydrogens is 316 g/mol. The second-order valence-electron chi connectivity index (χ2n) is 8.11. The molecule has 0 amide bonds. The van der Waals surface area contributed by atoms with Crippen molar-refractivity contribution >= 4 is 7.63 Å². The average molecular weight is 350 g/mol. The van der Waals surface area contributed by atoms with E-state index in [-0.39, 0.29) is 0 Å². The summed E-state index contributed by atoms with van der Waals surface area (Å²) in [6.07, 6.45) is 20.1. The van der Waals surface area contributed by atoms with E-state index >= 15 is 0 Å². The Labute approximate surface area is 140 Å². The van der Waals surface area contributed by atoms with Crippen molar-refractivity contribution < 1.29 is 14.0 Å². The summed E-state index contributed by atoms with van der Waals surface area (Å²) < 4.78 is 3.74. The van der Waals surface area contributed by atoms with Crippen LogP contribution in [-0.4, -0.2) is 7.63 Å². The summed E-state index contributed by atoms with van der Waals surface area (Å²) in [6, 6.07) is 0. The van der Waals surface area contributed by atoms with E-state index in [0.717, 1.165) is 0 Å². The van der Waals surface area contributed by atoms with Crippen molar-refractivity contribution in [2.75, 3.05) is 0 Å². The van der Waals surface area contributed by atoms with Gasteiger partial charge in [-0.15, -0.1) is 0 Å². The predicted molar refractivity (Wildman–Crippen MR) is 101 cm³/mol. The molecule has 0 spiro atoms. The summed E-state index contributed by atoms with van der Waals surface area (Å²) in [5.74, 6) is 0. The minimum atomic E-state index is -2.68. The third-order valence-electron chi connectivity index (χ3n) is 5.59. The van der Waals surface area contributed by atoms with E-state index in [1.807, 2.05) is 7.76 Å². The van der Waals surface area contributed by atoms with Crippen LogP contribution < -0.4 is 0 Å². The zero-order valence-corrected chi connectivity index (χ0v) is 18.1. The van der Waals surface area contributed by atoms with Crippen molar-refractivity contribution in [3.63, 3.8) is 0 Å². The Morgan fingerprint density at radius 1 is 0.864 bits per heavy atom. The number of unbranched alkanes of at least 4 members (excludes halogenated alkanes) is 2. The first-order chi connectivity index (χ1) is 10.4. The molecule has 122 valence electrons. The fraction of sp³-hybridized carbons (Fsp3) is 0.600. The maximum atomic E-state index is 2.68. The van der Waals surface area contributed by atoms with Gasteiger partial charge in [-0.3, -0.25) is 0 Å². The van der Waals surface area contributed by atoms with Crippen LogP contribution in [0.2, 0.25) is 10.5 Å². The quantitative estimate of drug-likeness (QED) is 0.462. The summed E-state index contributed by atoms with van der Waals surface area (Å²) in [4.78, 5) is 0. The van der Waals surface area contributed by atoms with E-state index in [1.54, 1.807) is 11.1 Å². The zero-order valence-electron chi connectivity index (χ0n) is 15.2. The fourth-order valence-corrected chi connectivity index (χ4v) is 14.1. The van der Waals surface area contributed by atoms with Crippen molar-refractivity contribution in [2.24, 2.45) is 0 Å². The molecule has 0 aromatic carbocycles. The Bertz CT molecular complexity index is 560. The number of hydrogen-bond acceptors (Lipinski definition) is 0. The molecule has 2 heteroatoms. The van der Waals surface area contributed by atoms with Gasteiger partial charge in [0.05, 0.1) is 0 Å². The van der Waals surface area contributed by atoms with Gasteiger partial charge in [-0.2, -0.15) is 0 Å². The van der Waals surface area contributed by atoms with Gasteiger partial charge in [0.15, 0.2) is 0 Å². The molecule has 0 bridgehead atoms. The molecule has 0 atom stereocenters. The molecular formula is C20H34SiTi. The van der Waals surface area contributed by atoms with E-state index in [1.165, 1.54) is 51.4 Å². The van der Waals surface area contributed by atoms with Gasteiger partial charge in [0.2, 0.25) is 0 Å². The van der Waals surface area contributed by atoms with Crippen molar-refractivity contribution in [1.82, 2.24) is 0 Å². The molecule has 0 unspecified atom stereocenters. The van der Waals surface area contributed by atoms with E-state index in [9.17, 15) is 0 Å². The van der Waals surface area contributed by atoms with E-state index < -0.39 is 14.0 Å². The molecule has 0 saturated heterocycles. The van der Waals surface area contributed by atoms with Crippen LogP contribution in [0.15, 0.2) is 43.2 Å². The van der Waals surface area contributed by atoms with Crippen LogP contribution in [0.1, 0.15) is 65.2 Å². The van der Waals surface area contributed by atoms with Crippen LogP contribution in [0.5, 0.6) is 0 Å². The van der Waals surface area contributed by atoms with Crippen LogP contribution in [0.3, 0.4) is 0 Å². The Kier molecular flexibility index (Phi) is 5.96. The second-order valence-corrected chi connectivity index (χ2v) is 27.1. The molecule has 0 nitrogen and oxygen atoms in total. The first kappa shape index (κ1) is 18.2. The minimum absolute atomic E-state index is 1.23. The summed E-state index contributed by atoms with van der Waals surface area (Å²) in [5.41, 5.74) is 3.40. The van der Waals surface area contributed by atoms with E-state index in [2.05, 4.69) is 56.2 Å². The Balaban J connectivity index is 2.40. The van der Waals surface area contributed by atoms with Crippen molar-refractivity contribution in [3.8, 4) is 0 Å². The third kappa shape index (κ3) is 3.68. The standard InChI is InChI=1S/2C9H13.2CH3.H2Si.Ti/c2*1-2-3-6-9-7-4-5-8-9;;;;/h2*4,7H,2-3,5-6H2,1H3;2*1H3;1H2;. The van der Waals surface area contributed by atoms with Gasteiger partial charge in [-0.25, -0.2) is 0 Å². The topological polar surface area (TPSA) is 0 Å². The third-order valence-corrected chi connectivity index (χ3v) is 16.8. The van der Waals surface area contributed by atoms with Gasteiger partial charge in [-0.05, 0) is 0 Å². The van der Waals surface area contributed by atoms with Crippen LogP contribution in [-0.2, 0) is 14.0 Å². The van der Waals surface area contributed by atoms with Gasteiger partial charge in [0, 0.05) is 0 Å². The van der Waals surface area contributed by atoms with Gasteiger partial charge in [0.1, 0.15) is 0 Å². The van der Waals surface area contributed by atoms with Crippen LogP contribution >= 0.6 is 0 Å². The zero-order chi connectivity index (χ0) is 16.2. The van der Waals surface area contributed by atoms with E-state index in [4.69, 9.17) is 0 Å². The van der Waals surface area contributed by atoms with Crippen LogP contribution in [0.25, 0.3) is 0 Å². The van der Waals surface area contributed by atoms with Crippen molar-refractivity contribution in [3.05, 3.63) is 43.2 Å². The molecule has 0 aliphatic heterocycles. The number of hydrogen-bond donors (Lipinski definition) is 0. The summed E-state index contributed by atoms with van der Waals surface area (Å²) in [5, 5.41) is 5.36. The van der Waals surface area contributed by atoms with Gasteiger partial charge >= 0.3 is 141 Å². The molecule has 0 saturated carbocycles. The first-order valence-corrected chi connectivity index (χ1v) is 17.9. The second kappa shape index (κ2) is 7.20. The Morgan fingerprint density at radius 2 is 1.27 bits per heavy atom. The molecule has 0 aromatic heterocycles. The summed E-state index contributed by atoms with van der Waals surface area (Å²) >= 11 is -2.68. The SMILES string of the molecule is CCCCC1=[C]([Ti]([CH3])([CH3])(=[SiH2])[C]2=C(CCCC)C=CC2)CC=C1. The molecule has 0 fully saturated rings. The summed E-state index contributed by atoms with van der Waals surface area (Å²) in [7, 11) is 2.41. The summed E-state index contributed by atoms with van der Waals surface area (Å²) in [6.45, 7) is 4.61. The molecule has 2 aliphatic carbocycles. The Morgan fingerprint density at radius 3 is 1.64 bits per heavy atom. The maximum absolute atomic E-state index is 2.68. The molecule has 0 radical (unpaired) electrons. The van der Waals surface area contributed by atoms with Crippen LogP contribution in [0, 0.1) is 0 Å². The fourth-order valence-electron chi connectivity index (χ4n) is 4.17. The first-order valence-electron chi connectivity index (χ1n) is 9.24. The normalized spacial score (nSPS) is 19.0. The molecule has 2 rings (SSSR count). The van der Waals surface area contributed by atoms with Crippen molar-refractivity contribution in [1.29, 1.82) is 0 Å². The molecule has 2 aliphatic rings. The monoisotopic (exact) mass is 350 g/mol. The van der Waals surface area contributed by atoms with Crippen molar-refractivity contribution in [2.45, 2.75) is 75.7 Å². The molecule has 22 heavy (non-hydrogen) atoms. The van der Waals surface area contributed by atoms with E-state index in [0.29, 0.717) is 0 Å². The number of allylic oxidation sites excluding steroid dienone is 8. The average Bonchev–Trinajstić information content (AvgIpc) is 3.12. The predicted octanol–water partition coefficient (Wildman–Crippen LogP) is 6.13. The van der Waals surface area contributed by atoms with Crippen LogP contribution in [0.4, 0.5) is 0 Å². The number of rotatable bonds is 8. The molecule has 0 heterocycles.